The van der Waals surface area contributed by atoms with E-state index in [1.54, 1.807) is 18.2 Å². The molecule has 0 radical (unpaired) electrons. The molecule has 0 aliphatic rings. The maximum Gasteiger partial charge on any atom is 0.141 e. The molecule has 3 nitrogen and oxygen atoms in total. The van der Waals surface area contributed by atoms with Crippen molar-refractivity contribution in [3.63, 3.8) is 0 Å². The number of imidazole rings is 1. The fourth-order valence-electron chi connectivity index (χ4n) is 2.46. The van der Waals surface area contributed by atoms with E-state index in [0.29, 0.717) is 16.2 Å². The predicted octanol–water partition coefficient (Wildman–Crippen LogP) is 4.49. The molecule has 3 aromatic rings. The lowest BCUT2D eigenvalue weighted by atomic mass is 10.2. The molecule has 1 heterocycles. The first-order valence-corrected chi connectivity index (χ1v) is 7.19. The van der Waals surface area contributed by atoms with Crippen molar-refractivity contribution in [1.82, 2.24) is 9.55 Å². The second-order valence-electron chi connectivity index (χ2n) is 4.96. The van der Waals surface area contributed by atoms with Crippen LogP contribution in [0.15, 0.2) is 36.4 Å². The number of nitrogen functional groups attached to an aromatic ring is 1. The number of benzene rings is 2. The van der Waals surface area contributed by atoms with E-state index in [1.807, 2.05) is 6.07 Å². The molecule has 2 N–H and O–H groups in total. The molecule has 0 aliphatic carbocycles. The van der Waals surface area contributed by atoms with Crippen LogP contribution in [-0.4, -0.2) is 9.55 Å². The Morgan fingerprint density at radius 2 is 2.05 bits per heavy atom. The monoisotopic (exact) mass is 303 g/mol. The van der Waals surface area contributed by atoms with Crippen molar-refractivity contribution in [3.8, 4) is 11.4 Å². The highest BCUT2D eigenvalue weighted by Gasteiger charge is 2.13. The average molecular weight is 304 g/mol. The van der Waals surface area contributed by atoms with E-state index < -0.39 is 0 Å². The molecule has 108 valence electrons. The number of fused-ring (bicyclic) bond motifs is 1. The average Bonchev–Trinajstić information content (AvgIpc) is 2.80. The van der Waals surface area contributed by atoms with Gasteiger partial charge in [0.25, 0.3) is 0 Å². The lowest BCUT2D eigenvalue weighted by Gasteiger charge is -2.09. The maximum atomic E-state index is 13.4. The fourth-order valence-corrected chi connectivity index (χ4v) is 2.57. The van der Waals surface area contributed by atoms with Gasteiger partial charge in [0.1, 0.15) is 11.6 Å². The Morgan fingerprint density at radius 1 is 1.24 bits per heavy atom. The first-order chi connectivity index (χ1) is 10.1. The molecule has 0 amide bonds. The van der Waals surface area contributed by atoms with Crippen LogP contribution >= 0.6 is 11.6 Å². The Bertz CT molecular complexity index is 811. The number of anilines is 1. The minimum atomic E-state index is -0.286. The van der Waals surface area contributed by atoms with Gasteiger partial charge >= 0.3 is 0 Å². The Labute approximate surface area is 127 Å². The molecule has 0 saturated heterocycles. The van der Waals surface area contributed by atoms with Crippen LogP contribution in [0.1, 0.15) is 13.3 Å². The summed E-state index contributed by atoms with van der Waals surface area (Å²) in [6.07, 6.45) is 0.957. The van der Waals surface area contributed by atoms with Crippen molar-refractivity contribution in [2.24, 2.45) is 0 Å². The molecule has 0 saturated carbocycles. The molecular weight excluding hydrogens is 289 g/mol. The number of nitrogens with two attached hydrogens (primary N) is 1. The van der Waals surface area contributed by atoms with Gasteiger partial charge in [-0.15, -0.1) is 0 Å². The highest BCUT2D eigenvalue weighted by atomic mass is 35.5. The molecule has 21 heavy (non-hydrogen) atoms. The molecule has 0 fully saturated rings. The van der Waals surface area contributed by atoms with Crippen molar-refractivity contribution in [1.29, 1.82) is 0 Å². The summed E-state index contributed by atoms with van der Waals surface area (Å²) < 4.78 is 15.5. The minimum Gasteiger partial charge on any atom is -0.398 e. The number of aromatic nitrogens is 2. The second-order valence-corrected chi connectivity index (χ2v) is 5.36. The zero-order chi connectivity index (χ0) is 15.0. The molecule has 0 bridgehead atoms. The first kappa shape index (κ1) is 13.9. The highest BCUT2D eigenvalue weighted by Crippen LogP contribution is 2.29. The normalized spacial score (nSPS) is 11.2. The van der Waals surface area contributed by atoms with E-state index in [0.717, 1.165) is 29.9 Å². The molecule has 2 aromatic carbocycles. The van der Waals surface area contributed by atoms with Crippen LogP contribution in [0, 0.1) is 5.82 Å². The number of hydrogen-bond acceptors (Lipinski definition) is 2. The molecule has 0 aliphatic heterocycles. The molecule has 0 unspecified atom stereocenters. The van der Waals surface area contributed by atoms with Crippen LogP contribution in [-0.2, 0) is 6.54 Å². The smallest absolute Gasteiger partial charge is 0.141 e. The van der Waals surface area contributed by atoms with E-state index >= 15 is 0 Å². The van der Waals surface area contributed by atoms with Gasteiger partial charge in [-0.3, -0.25) is 0 Å². The molecular formula is C16H15ClFN3. The Kier molecular flexibility index (Phi) is 3.55. The number of nitrogens with zero attached hydrogens (tertiary/aromatic N) is 2. The summed E-state index contributed by atoms with van der Waals surface area (Å²) in [5.74, 6) is 0.492. The summed E-state index contributed by atoms with van der Waals surface area (Å²) in [4.78, 5) is 4.56. The summed E-state index contributed by atoms with van der Waals surface area (Å²) in [6, 6.07) is 10.1. The zero-order valence-corrected chi connectivity index (χ0v) is 12.4. The third kappa shape index (κ3) is 2.47. The van der Waals surface area contributed by atoms with Gasteiger partial charge in [-0.05, 0) is 36.8 Å². The van der Waals surface area contributed by atoms with Crippen molar-refractivity contribution in [2.75, 3.05) is 5.73 Å². The van der Waals surface area contributed by atoms with Crippen molar-refractivity contribution in [3.05, 3.63) is 47.2 Å². The Hall–Kier alpha value is -2.07. The summed E-state index contributed by atoms with van der Waals surface area (Å²) in [5, 5.41) is 0.517. The number of hydrogen-bond donors (Lipinski definition) is 1. The molecule has 1 aromatic heterocycles. The van der Waals surface area contributed by atoms with Crippen LogP contribution in [0.2, 0.25) is 5.02 Å². The number of rotatable bonds is 3. The summed E-state index contributed by atoms with van der Waals surface area (Å²) in [6.45, 7) is 2.90. The minimum absolute atomic E-state index is 0.286. The SMILES string of the molecule is CCCn1c(-c2ccc(Cl)c(N)c2)nc2cc(F)ccc21. The molecule has 3 rings (SSSR count). The number of aryl methyl sites for hydroxylation is 1. The summed E-state index contributed by atoms with van der Waals surface area (Å²) in [7, 11) is 0. The van der Waals surface area contributed by atoms with Gasteiger partial charge in [-0.1, -0.05) is 18.5 Å². The topological polar surface area (TPSA) is 43.8 Å². The van der Waals surface area contributed by atoms with Crippen LogP contribution < -0.4 is 5.73 Å². The van der Waals surface area contributed by atoms with E-state index in [-0.39, 0.29) is 5.82 Å². The van der Waals surface area contributed by atoms with E-state index in [9.17, 15) is 4.39 Å². The van der Waals surface area contributed by atoms with Gasteiger partial charge in [0.15, 0.2) is 0 Å². The van der Waals surface area contributed by atoms with E-state index in [1.165, 1.54) is 12.1 Å². The van der Waals surface area contributed by atoms with Crippen LogP contribution in [0.25, 0.3) is 22.4 Å². The fraction of sp³-hybridized carbons (Fsp3) is 0.188. The quantitative estimate of drug-likeness (QED) is 0.725. The van der Waals surface area contributed by atoms with Gasteiger partial charge in [0.2, 0.25) is 0 Å². The first-order valence-electron chi connectivity index (χ1n) is 6.81. The molecule has 0 atom stereocenters. The van der Waals surface area contributed by atoms with E-state index in [4.69, 9.17) is 17.3 Å². The van der Waals surface area contributed by atoms with Crippen LogP contribution in [0.5, 0.6) is 0 Å². The zero-order valence-electron chi connectivity index (χ0n) is 11.6. The molecule has 0 spiro atoms. The number of halogens is 2. The Morgan fingerprint density at radius 3 is 2.76 bits per heavy atom. The lowest BCUT2D eigenvalue weighted by Crippen LogP contribution is -2.00. The predicted molar refractivity (Wildman–Crippen MR) is 84.8 cm³/mol. The van der Waals surface area contributed by atoms with Gasteiger partial charge < -0.3 is 10.3 Å². The maximum absolute atomic E-state index is 13.4. The third-order valence-corrected chi connectivity index (χ3v) is 3.76. The second kappa shape index (κ2) is 5.37. The van der Waals surface area contributed by atoms with Crippen molar-refractivity contribution >= 4 is 28.3 Å². The van der Waals surface area contributed by atoms with E-state index in [2.05, 4.69) is 16.5 Å². The van der Waals surface area contributed by atoms with Crippen molar-refractivity contribution in [2.45, 2.75) is 19.9 Å². The third-order valence-electron chi connectivity index (χ3n) is 3.41. The highest BCUT2D eigenvalue weighted by molar-refractivity contribution is 6.33. The van der Waals surface area contributed by atoms with Crippen LogP contribution in [0.4, 0.5) is 10.1 Å². The summed E-state index contributed by atoms with van der Waals surface area (Å²) >= 11 is 5.97. The standard InChI is InChI=1S/C16H15ClFN3/c1-2-7-21-15-6-4-11(18)9-14(15)20-16(21)10-3-5-12(17)13(19)8-10/h3-6,8-9H,2,7,19H2,1H3. The van der Waals surface area contributed by atoms with Gasteiger partial charge in [-0.2, -0.15) is 0 Å². The van der Waals surface area contributed by atoms with Gasteiger partial charge in [0.05, 0.1) is 21.7 Å². The van der Waals surface area contributed by atoms with Crippen molar-refractivity contribution < 1.29 is 4.39 Å². The largest absolute Gasteiger partial charge is 0.398 e. The van der Waals surface area contributed by atoms with Gasteiger partial charge in [-0.25, -0.2) is 9.37 Å². The van der Waals surface area contributed by atoms with Crippen LogP contribution in [0.3, 0.4) is 0 Å². The Balaban J connectivity index is 2.24. The lowest BCUT2D eigenvalue weighted by molar-refractivity contribution is 0.629. The molecule has 5 heteroatoms. The van der Waals surface area contributed by atoms with Gasteiger partial charge in [0, 0.05) is 18.2 Å². The summed E-state index contributed by atoms with van der Waals surface area (Å²) in [5.41, 5.74) is 8.82.